The van der Waals surface area contributed by atoms with Crippen molar-refractivity contribution >= 4 is 5.91 Å². The quantitative estimate of drug-likeness (QED) is 0.257. The third-order valence-electron chi connectivity index (χ3n) is 5.86. The highest BCUT2D eigenvalue weighted by Crippen LogP contribution is 2.23. The molecule has 0 radical (unpaired) electrons. The Kier molecular flexibility index (Phi) is 11.9. The summed E-state index contributed by atoms with van der Waals surface area (Å²) in [6.45, 7) is 3.19. The van der Waals surface area contributed by atoms with Gasteiger partial charge in [-0.05, 0) is 6.92 Å². The van der Waals surface area contributed by atoms with E-state index in [1.165, 1.54) is 37.3 Å². The molecule has 0 spiro atoms. The predicted octanol–water partition coefficient (Wildman–Crippen LogP) is -0.647. The molecule has 2 heterocycles. The maximum absolute atomic E-state index is 12.1. The molecule has 0 bridgehead atoms. The standard InChI is InChI=1S/C26H38N2O8/c1-17-15-28-21(31)13-9-10-14-26(2,34)20(36-25-22(27)24(33)19(30)16-35-25)12-8-6-4-3-5-7-11-18(29)23(17)32/h3-14,17-20,22-25,29-30,32-34H,15-16,27H2,1-2H3,(H,28,31)/t17-,18-,19+,20-,22+,23+,24-,25-,26+/m1/s1. The van der Waals surface area contributed by atoms with Gasteiger partial charge < -0.3 is 46.1 Å². The minimum Gasteiger partial charge on any atom is -0.390 e. The number of hydrogen-bond acceptors (Lipinski definition) is 9. The van der Waals surface area contributed by atoms with E-state index in [1.807, 2.05) is 0 Å². The van der Waals surface area contributed by atoms with Gasteiger partial charge in [0.25, 0.3) is 0 Å². The first kappa shape index (κ1) is 29.8. The molecule has 0 aromatic heterocycles. The van der Waals surface area contributed by atoms with E-state index in [-0.39, 0.29) is 13.2 Å². The highest BCUT2D eigenvalue weighted by Gasteiger charge is 2.40. The summed E-state index contributed by atoms with van der Waals surface area (Å²) in [6, 6.07) is -1.03. The lowest BCUT2D eigenvalue weighted by Crippen LogP contribution is -2.59. The molecular weight excluding hydrogens is 468 g/mol. The van der Waals surface area contributed by atoms with Crippen LogP contribution >= 0.6 is 0 Å². The first-order valence-electron chi connectivity index (χ1n) is 11.8. The minimum atomic E-state index is -1.57. The zero-order valence-corrected chi connectivity index (χ0v) is 20.5. The van der Waals surface area contributed by atoms with Crippen molar-refractivity contribution in [3.05, 3.63) is 72.9 Å². The molecular formula is C26H38N2O8. The van der Waals surface area contributed by atoms with Gasteiger partial charge >= 0.3 is 0 Å². The molecule has 0 aliphatic carbocycles. The largest absolute Gasteiger partial charge is 0.390 e. The van der Waals surface area contributed by atoms with Crippen LogP contribution in [0.2, 0.25) is 0 Å². The molecule has 2 aliphatic rings. The van der Waals surface area contributed by atoms with Crippen molar-refractivity contribution < 1.29 is 39.8 Å². The van der Waals surface area contributed by atoms with Crippen LogP contribution in [0.4, 0.5) is 0 Å². The molecule has 0 unspecified atom stereocenters. The second kappa shape index (κ2) is 14.4. The van der Waals surface area contributed by atoms with Crippen LogP contribution in [-0.4, -0.2) is 93.0 Å². The highest BCUT2D eigenvalue weighted by molar-refractivity contribution is 5.87. The van der Waals surface area contributed by atoms with E-state index >= 15 is 0 Å². The number of allylic oxidation sites excluding steroid dienone is 8. The fourth-order valence-electron chi connectivity index (χ4n) is 3.45. The highest BCUT2D eigenvalue weighted by atomic mass is 16.7. The Labute approximate surface area is 211 Å². The molecule has 9 atom stereocenters. The number of rotatable bonds is 2. The first-order valence-corrected chi connectivity index (χ1v) is 11.8. The van der Waals surface area contributed by atoms with E-state index in [9.17, 15) is 30.3 Å². The average molecular weight is 507 g/mol. The van der Waals surface area contributed by atoms with E-state index in [1.54, 1.807) is 49.5 Å². The Bertz CT molecular complexity index is 879. The molecule has 0 saturated carbocycles. The van der Waals surface area contributed by atoms with Gasteiger partial charge in [0.05, 0.1) is 24.9 Å². The van der Waals surface area contributed by atoms with Crippen LogP contribution < -0.4 is 11.1 Å². The molecule has 10 heteroatoms. The number of amides is 1. The van der Waals surface area contributed by atoms with Gasteiger partial charge in [-0.3, -0.25) is 4.79 Å². The molecule has 200 valence electrons. The Morgan fingerprint density at radius 1 is 1.00 bits per heavy atom. The molecule has 36 heavy (non-hydrogen) atoms. The van der Waals surface area contributed by atoms with Gasteiger partial charge in [0.15, 0.2) is 6.29 Å². The fraction of sp³-hybridized carbons (Fsp3) is 0.500. The number of aliphatic hydroxyl groups is 5. The van der Waals surface area contributed by atoms with Crippen LogP contribution in [0, 0.1) is 5.92 Å². The molecule has 2 rings (SSSR count). The lowest BCUT2D eigenvalue weighted by Gasteiger charge is -2.39. The summed E-state index contributed by atoms with van der Waals surface area (Å²) in [5.74, 6) is -0.809. The first-order chi connectivity index (χ1) is 17.0. The van der Waals surface area contributed by atoms with E-state index in [2.05, 4.69) is 5.32 Å². The lowest BCUT2D eigenvalue weighted by atomic mass is 9.96. The second-order valence-corrected chi connectivity index (χ2v) is 9.08. The number of carbonyl (C=O) groups excluding carboxylic acids is 1. The average Bonchev–Trinajstić information content (AvgIpc) is 2.84. The summed E-state index contributed by atoms with van der Waals surface area (Å²) < 4.78 is 11.3. The van der Waals surface area contributed by atoms with Gasteiger partial charge in [0.2, 0.25) is 5.91 Å². The molecule has 0 aromatic carbocycles. The van der Waals surface area contributed by atoms with Gasteiger partial charge in [-0.2, -0.15) is 0 Å². The fourth-order valence-corrected chi connectivity index (χ4v) is 3.45. The lowest BCUT2D eigenvalue weighted by molar-refractivity contribution is -0.251. The van der Waals surface area contributed by atoms with Gasteiger partial charge in [-0.15, -0.1) is 0 Å². The number of ether oxygens (including phenoxy) is 2. The molecule has 10 nitrogen and oxygen atoms in total. The number of nitrogens with one attached hydrogen (secondary N) is 1. The van der Waals surface area contributed by atoms with Crippen molar-refractivity contribution in [3.63, 3.8) is 0 Å². The molecule has 0 aromatic rings. The van der Waals surface area contributed by atoms with E-state index in [4.69, 9.17) is 15.2 Å². The van der Waals surface area contributed by atoms with Crippen molar-refractivity contribution in [1.82, 2.24) is 5.32 Å². The smallest absolute Gasteiger partial charge is 0.243 e. The number of aliphatic hydroxyl groups excluding tert-OH is 4. The number of nitrogens with two attached hydrogens (primary N) is 1. The summed E-state index contributed by atoms with van der Waals surface area (Å²) >= 11 is 0. The Balaban J connectivity index is 2.26. The molecule has 1 fully saturated rings. The third-order valence-corrected chi connectivity index (χ3v) is 5.86. The maximum atomic E-state index is 12.1. The van der Waals surface area contributed by atoms with Gasteiger partial charge in [0, 0.05) is 18.5 Å². The summed E-state index contributed by atoms with van der Waals surface area (Å²) in [5.41, 5.74) is 4.39. The predicted molar refractivity (Wildman–Crippen MR) is 134 cm³/mol. The molecule has 2 aliphatic heterocycles. The van der Waals surface area contributed by atoms with Crippen molar-refractivity contribution in [2.24, 2.45) is 11.7 Å². The summed E-state index contributed by atoms with van der Waals surface area (Å²) in [5, 5.41) is 53.9. The molecule has 1 saturated heterocycles. The van der Waals surface area contributed by atoms with Crippen molar-refractivity contribution in [1.29, 1.82) is 0 Å². The normalized spacial score (nSPS) is 39.2. The summed E-state index contributed by atoms with van der Waals surface area (Å²) in [6.07, 6.45) is 12.1. The van der Waals surface area contributed by atoms with Crippen molar-refractivity contribution in [2.75, 3.05) is 13.2 Å². The molecule has 8 N–H and O–H groups in total. The SMILES string of the molecule is C[C@@H]1CNC(=O)C=CC=C[C@](C)(O)[C@H](O[C@H]2OC[C@H](O)[C@@H](O)[C@@H]2N)C=CC=CC=CC=C[C@@H](O)[C@H]1O. The number of carbonyl (C=O) groups is 1. The molecule has 1 amide bonds. The third kappa shape index (κ3) is 9.23. The monoisotopic (exact) mass is 506 g/mol. The minimum absolute atomic E-state index is 0.151. The maximum Gasteiger partial charge on any atom is 0.243 e. The zero-order valence-electron chi connectivity index (χ0n) is 20.5. The van der Waals surface area contributed by atoms with Crippen molar-refractivity contribution in [2.45, 2.75) is 62.3 Å². The van der Waals surface area contributed by atoms with Crippen LogP contribution in [0.15, 0.2) is 72.9 Å². The zero-order chi connectivity index (χ0) is 26.7. The van der Waals surface area contributed by atoms with Crippen LogP contribution in [0.1, 0.15) is 13.8 Å². The van der Waals surface area contributed by atoms with Gasteiger partial charge in [-0.25, -0.2) is 0 Å². The van der Waals surface area contributed by atoms with Gasteiger partial charge in [0.1, 0.15) is 23.9 Å². The summed E-state index contributed by atoms with van der Waals surface area (Å²) in [7, 11) is 0. The number of hydrogen-bond donors (Lipinski definition) is 7. The summed E-state index contributed by atoms with van der Waals surface area (Å²) in [4.78, 5) is 12.1. The Hall–Kier alpha value is -2.41. The van der Waals surface area contributed by atoms with Crippen LogP contribution in [0.5, 0.6) is 0 Å². The second-order valence-electron chi connectivity index (χ2n) is 9.08. The topological polar surface area (TPSA) is 175 Å². The van der Waals surface area contributed by atoms with Crippen LogP contribution in [-0.2, 0) is 14.3 Å². The van der Waals surface area contributed by atoms with Gasteiger partial charge in [-0.1, -0.05) is 73.8 Å². The van der Waals surface area contributed by atoms with E-state index in [0.29, 0.717) is 0 Å². The Morgan fingerprint density at radius 2 is 1.64 bits per heavy atom. The Morgan fingerprint density at radius 3 is 2.33 bits per heavy atom. The van der Waals surface area contributed by atoms with E-state index in [0.717, 1.165) is 0 Å². The van der Waals surface area contributed by atoms with Crippen molar-refractivity contribution in [3.8, 4) is 0 Å². The van der Waals surface area contributed by atoms with E-state index < -0.39 is 60.3 Å². The van der Waals surface area contributed by atoms with Crippen LogP contribution in [0.3, 0.4) is 0 Å². The van der Waals surface area contributed by atoms with Crippen LogP contribution in [0.25, 0.3) is 0 Å².